The summed E-state index contributed by atoms with van der Waals surface area (Å²) in [5.41, 5.74) is -0.512. The van der Waals surface area contributed by atoms with Gasteiger partial charge in [0.25, 0.3) is 5.69 Å². The molecule has 11 heteroatoms. The molecule has 0 aliphatic rings. The predicted molar refractivity (Wildman–Crippen MR) is 70.8 cm³/mol. The molecule has 0 saturated carbocycles. The van der Waals surface area contributed by atoms with E-state index in [4.69, 9.17) is 0 Å². The Labute approximate surface area is 128 Å². The van der Waals surface area contributed by atoms with Crippen molar-refractivity contribution in [2.75, 3.05) is 5.75 Å². The van der Waals surface area contributed by atoms with Gasteiger partial charge in [0.15, 0.2) is 21.7 Å². The van der Waals surface area contributed by atoms with Crippen molar-refractivity contribution in [3.8, 4) is 17.3 Å². The minimum absolute atomic E-state index is 0.192. The molecule has 0 amide bonds. The van der Waals surface area contributed by atoms with Crippen LogP contribution in [0.3, 0.4) is 0 Å². The highest BCUT2D eigenvalue weighted by molar-refractivity contribution is 7.91. The summed E-state index contributed by atoms with van der Waals surface area (Å²) < 4.78 is 64.1. The zero-order chi connectivity index (χ0) is 17.3. The van der Waals surface area contributed by atoms with Gasteiger partial charge >= 0.3 is 6.36 Å². The average molecular weight is 349 g/mol. The monoisotopic (exact) mass is 349 g/mol. The quantitative estimate of drug-likeness (QED) is 0.613. The van der Waals surface area contributed by atoms with Gasteiger partial charge in [-0.2, -0.15) is 4.73 Å². The van der Waals surface area contributed by atoms with Gasteiger partial charge in [-0.1, -0.05) is 6.92 Å². The zero-order valence-electron chi connectivity index (χ0n) is 11.6. The molecule has 0 aliphatic carbocycles. The van der Waals surface area contributed by atoms with Crippen LogP contribution in [0.1, 0.15) is 6.92 Å². The van der Waals surface area contributed by atoms with Crippen molar-refractivity contribution in [2.24, 2.45) is 0 Å². The van der Waals surface area contributed by atoms with Crippen molar-refractivity contribution in [2.45, 2.75) is 18.2 Å². The molecule has 23 heavy (non-hydrogen) atoms. The highest BCUT2D eigenvalue weighted by atomic mass is 32.2. The van der Waals surface area contributed by atoms with Crippen molar-refractivity contribution in [1.82, 2.24) is 9.97 Å². The molecule has 2 aromatic heterocycles. The van der Waals surface area contributed by atoms with E-state index in [1.165, 1.54) is 19.1 Å². The number of alkyl halides is 3. The van der Waals surface area contributed by atoms with E-state index in [2.05, 4.69) is 14.7 Å². The second-order valence-corrected chi connectivity index (χ2v) is 6.48. The molecule has 124 valence electrons. The summed E-state index contributed by atoms with van der Waals surface area (Å²) in [4.78, 5) is 6.73. The first-order chi connectivity index (χ1) is 10.6. The van der Waals surface area contributed by atoms with Gasteiger partial charge in [0, 0.05) is 6.07 Å². The summed E-state index contributed by atoms with van der Waals surface area (Å²) in [7, 11) is -3.74. The van der Waals surface area contributed by atoms with Gasteiger partial charge in [-0.15, -0.1) is 13.2 Å². The third-order valence-electron chi connectivity index (χ3n) is 2.73. The van der Waals surface area contributed by atoms with Crippen molar-refractivity contribution in [3.05, 3.63) is 35.9 Å². The first kappa shape index (κ1) is 16.9. The minimum Gasteiger partial charge on any atom is -0.618 e. The highest BCUT2D eigenvalue weighted by Gasteiger charge is 2.32. The lowest BCUT2D eigenvalue weighted by Gasteiger charge is -2.10. The Morgan fingerprint density at radius 1 is 1.30 bits per heavy atom. The lowest BCUT2D eigenvalue weighted by atomic mass is 10.3. The topological polar surface area (TPSA) is 96.1 Å². The van der Waals surface area contributed by atoms with E-state index in [1.807, 2.05) is 0 Å². The van der Waals surface area contributed by atoms with Crippen LogP contribution in [-0.4, -0.2) is 30.5 Å². The second-order valence-electron chi connectivity index (χ2n) is 4.24. The summed E-state index contributed by atoms with van der Waals surface area (Å²) in [5, 5.41) is 11.9. The predicted octanol–water partition coefficient (Wildman–Crippen LogP) is 1.47. The normalized spacial score (nSPS) is 12.2. The Balaban J connectivity index is 2.51. The van der Waals surface area contributed by atoms with Crippen molar-refractivity contribution < 1.29 is 31.1 Å². The van der Waals surface area contributed by atoms with Crippen molar-refractivity contribution in [3.63, 3.8) is 0 Å². The molecule has 0 fully saturated rings. The van der Waals surface area contributed by atoms with Crippen LogP contribution < -0.4 is 9.47 Å². The average Bonchev–Trinajstić information content (AvgIpc) is 2.46. The number of halogens is 3. The third kappa shape index (κ3) is 3.86. The molecule has 7 nitrogen and oxygen atoms in total. The zero-order valence-corrected chi connectivity index (χ0v) is 12.4. The molecule has 0 unspecified atom stereocenters. The number of hydrogen-bond donors (Lipinski definition) is 0. The van der Waals surface area contributed by atoms with Crippen LogP contribution in [0.2, 0.25) is 0 Å². The molecule has 0 saturated heterocycles. The maximum absolute atomic E-state index is 12.1. The van der Waals surface area contributed by atoms with Gasteiger partial charge in [-0.25, -0.2) is 18.4 Å². The van der Waals surface area contributed by atoms with E-state index in [0.717, 1.165) is 12.4 Å². The molecule has 2 aromatic rings. The molecule has 0 aromatic carbocycles. The lowest BCUT2D eigenvalue weighted by Crippen LogP contribution is -2.31. The van der Waals surface area contributed by atoms with Crippen LogP contribution in [-0.2, 0) is 9.84 Å². The Kier molecular flexibility index (Phi) is 4.41. The maximum atomic E-state index is 12.1. The lowest BCUT2D eigenvalue weighted by molar-refractivity contribution is -0.595. The molecule has 0 radical (unpaired) electrons. The summed E-state index contributed by atoms with van der Waals surface area (Å²) >= 11 is 0. The largest absolute Gasteiger partial charge is 0.618 e. The molecule has 0 spiro atoms. The maximum Gasteiger partial charge on any atom is 0.574 e. The summed E-state index contributed by atoms with van der Waals surface area (Å²) in [5.74, 6) is -1.08. The number of hydrogen-bond acceptors (Lipinski definition) is 6. The Morgan fingerprint density at radius 2 is 2.00 bits per heavy atom. The van der Waals surface area contributed by atoms with Crippen LogP contribution in [0.4, 0.5) is 13.2 Å². The standard InChI is InChI=1S/C12H10F3N3O4S/c1-2-23(20,21)9-4-3-5-18(19)11(9)8-6-17-10(7-16-8)22-12(13,14)15/h3-7H,2H2,1H3. The number of rotatable bonds is 4. The van der Waals surface area contributed by atoms with E-state index < -0.39 is 22.1 Å². The van der Waals surface area contributed by atoms with E-state index in [-0.39, 0.29) is 26.8 Å². The van der Waals surface area contributed by atoms with Crippen LogP contribution in [0, 0.1) is 5.21 Å². The third-order valence-corrected chi connectivity index (χ3v) is 4.49. The first-order valence-electron chi connectivity index (χ1n) is 6.17. The number of aromatic nitrogens is 3. The van der Waals surface area contributed by atoms with Crippen LogP contribution >= 0.6 is 0 Å². The van der Waals surface area contributed by atoms with Crippen molar-refractivity contribution >= 4 is 9.84 Å². The molecule has 2 rings (SSSR count). The van der Waals surface area contributed by atoms with Gasteiger partial charge in [0.2, 0.25) is 5.88 Å². The molecule has 0 atom stereocenters. The minimum atomic E-state index is -4.93. The van der Waals surface area contributed by atoms with Crippen LogP contribution in [0.15, 0.2) is 35.6 Å². The Bertz CT molecular complexity index is 807. The van der Waals surface area contributed by atoms with Crippen LogP contribution in [0.5, 0.6) is 5.88 Å². The fraction of sp³-hybridized carbons (Fsp3) is 0.250. The highest BCUT2D eigenvalue weighted by Crippen LogP contribution is 2.25. The van der Waals surface area contributed by atoms with E-state index >= 15 is 0 Å². The number of sulfone groups is 1. The number of pyridine rings is 1. The Hall–Kier alpha value is -2.43. The van der Waals surface area contributed by atoms with Gasteiger partial charge in [0.1, 0.15) is 4.90 Å². The Morgan fingerprint density at radius 3 is 2.52 bits per heavy atom. The van der Waals surface area contributed by atoms with Gasteiger partial charge in [-0.05, 0) is 6.07 Å². The van der Waals surface area contributed by atoms with E-state index in [0.29, 0.717) is 6.20 Å². The molecule has 2 heterocycles. The molecule has 0 aliphatic heterocycles. The second kappa shape index (κ2) is 5.99. The van der Waals surface area contributed by atoms with Crippen LogP contribution in [0.25, 0.3) is 11.4 Å². The van der Waals surface area contributed by atoms with E-state index in [1.54, 1.807) is 0 Å². The fourth-order valence-electron chi connectivity index (χ4n) is 1.73. The summed E-state index contributed by atoms with van der Waals surface area (Å²) in [6.45, 7) is 1.40. The number of ether oxygens (including phenoxy) is 1. The summed E-state index contributed by atoms with van der Waals surface area (Å²) in [6.07, 6.45) is -2.40. The molecular formula is C12H10F3N3O4S. The van der Waals surface area contributed by atoms with Crippen molar-refractivity contribution in [1.29, 1.82) is 0 Å². The van der Waals surface area contributed by atoms with Gasteiger partial charge < -0.3 is 9.94 Å². The molecule has 0 bridgehead atoms. The smallest absolute Gasteiger partial charge is 0.574 e. The summed E-state index contributed by atoms with van der Waals surface area (Å²) in [6, 6.07) is 2.46. The fourth-order valence-corrected chi connectivity index (χ4v) is 2.81. The van der Waals surface area contributed by atoms with Gasteiger partial charge in [0.05, 0.1) is 18.1 Å². The van der Waals surface area contributed by atoms with Gasteiger partial charge in [-0.3, -0.25) is 0 Å². The molecule has 0 N–H and O–H groups in total. The first-order valence-corrected chi connectivity index (χ1v) is 7.82. The van der Waals surface area contributed by atoms with E-state index in [9.17, 15) is 26.8 Å². The molecular weight excluding hydrogens is 339 g/mol. The number of nitrogens with zero attached hydrogens (tertiary/aromatic N) is 3. The SMILES string of the molecule is CCS(=O)(=O)c1ccc[n+]([O-])c1-c1cnc(OC(F)(F)F)cn1.